The van der Waals surface area contributed by atoms with Crippen LogP contribution in [-0.4, -0.2) is 49.2 Å². The molecule has 12 heteroatoms. The lowest BCUT2D eigenvalue weighted by Crippen LogP contribution is -2.43. The molecule has 0 radical (unpaired) electrons. The lowest BCUT2D eigenvalue weighted by atomic mass is 9.91. The highest BCUT2D eigenvalue weighted by molar-refractivity contribution is 5.99. The molecule has 3 aromatic rings. The van der Waals surface area contributed by atoms with E-state index < -0.39 is 5.91 Å². The van der Waals surface area contributed by atoms with E-state index >= 15 is 0 Å². The molecule has 0 aliphatic heterocycles. The molecular formula is C21H27N11O. The van der Waals surface area contributed by atoms with Crippen LogP contribution in [0.25, 0.3) is 0 Å². The highest BCUT2D eigenvalue weighted by Gasteiger charge is 2.24. The van der Waals surface area contributed by atoms with Crippen LogP contribution in [0.3, 0.4) is 0 Å². The van der Waals surface area contributed by atoms with Gasteiger partial charge in [-0.25, -0.2) is 0 Å². The van der Waals surface area contributed by atoms with Crippen molar-refractivity contribution in [2.45, 2.75) is 37.8 Å². The lowest BCUT2D eigenvalue weighted by molar-refractivity contribution is 0.0995. The Kier molecular flexibility index (Phi) is 6.45. The summed E-state index contributed by atoms with van der Waals surface area (Å²) in [6.07, 6.45) is 7.01. The van der Waals surface area contributed by atoms with E-state index in [-0.39, 0.29) is 29.5 Å². The van der Waals surface area contributed by atoms with Crippen molar-refractivity contribution in [1.29, 1.82) is 5.41 Å². The maximum atomic E-state index is 12.0. The fourth-order valence-corrected chi connectivity index (χ4v) is 3.83. The number of carbonyl (C=O) groups excluding carboxylic acids is 1. The number of anilines is 5. The van der Waals surface area contributed by atoms with Crippen molar-refractivity contribution in [3.05, 3.63) is 41.7 Å². The summed E-state index contributed by atoms with van der Waals surface area (Å²) in [6, 6.07) is 7.23. The molecule has 2 aromatic heterocycles. The Morgan fingerprint density at radius 1 is 1.18 bits per heavy atom. The molecular weight excluding hydrogens is 422 g/mol. The number of nitrogens with zero attached hydrogens (tertiary/aromatic N) is 5. The normalized spacial score (nSPS) is 17.9. The number of aromatic nitrogens is 5. The summed E-state index contributed by atoms with van der Waals surface area (Å²) >= 11 is 0. The molecule has 172 valence electrons. The van der Waals surface area contributed by atoms with E-state index in [0.29, 0.717) is 22.8 Å². The van der Waals surface area contributed by atoms with Crippen LogP contribution in [0.15, 0.2) is 30.5 Å². The first-order valence-corrected chi connectivity index (χ1v) is 10.7. The van der Waals surface area contributed by atoms with Crippen LogP contribution in [-0.2, 0) is 7.05 Å². The second-order valence-electron chi connectivity index (χ2n) is 7.93. The minimum Gasteiger partial charge on any atom is -0.364 e. The molecule has 1 fully saturated rings. The molecule has 1 aliphatic rings. The topological polar surface area (TPSA) is 186 Å². The van der Waals surface area contributed by atoms with E-state index in [0.717, 1.165) is 25.7 Å². The maximum absolute atomic E-state index is 12.0. The number of amides is 1. The Balaban J connectivity index is 1.63. The van der Waals surface area contributed by atoms with Crippen LogP contribution in [0.1, 0.15) is 41.7 Å². The standard InChI is InChI=1S/C21H27N11O/c1-32-10-9-17(31-32)25-14-7-4-8-15(12(14)11-22)26-20-18(19(24)33)29-30-21(28-20)27-16-6-3-2-5-13(16)23/h4,7-11,13,16,22H,2-3,5-6,23H2,1H3,(H2,24,33)(H,25,31)(H2,26,27,28,30)/t13-,16+/m0/s1. The van der Waals surface area contributed by atoms with Gasteiger partial charge < -0.3 is 32.8 Å². The molecule has 12 nitrogen and oxygen atoms in total. The molecule has 1 saturated carbocycles. The number of benzene rings is 1. The Bertz CT molecular complexity index is 1160. The Labute approximate surface area is 190 Å². The Morgan fingerprint density at radius 2 is 1.94 bits per heavy atom. The van der Waals surface area contributed by atoms with Crippen LogP contribution in [0, 0.1) is 5.41 Å². The number of hydrogen-bond acceptors (Lipinski definition) is 10. The lowest BCUT2D eigenvalue weighted by Gasteiger charge is -2.29. The predicted molar refractivity (Wildman–Crippen MR) is 126 cm³/mol. The van der Waals surface area contributed by atoms with E-state index in [4.69, 9.17) is 16.9 Å². The molecule has 1 aromatic carbocycles. The Morgan fingerprint density at radius 3 is 2.61 bits per heavy atom. The van der Waals surface area contributed by atoms with Gasteiger partial charge in [-0.3, -0.25) is 9.48 Å². The quantitative estimate of drug-likeness (QED) is 0.279. The summed E-state index contributed by atoms with van der Waals surface area (Å²) < 4.78 is 1.67. The van der Waals surface area contributed by atoms with Gasteiger partial charge in [0.2, 0.25) is 5.95 Å². The van der Waals surface area contributed by atoms with Gasteiger partial charge in [-0.2, -0.15) is 10.1 Å². The fourth-order valence-electron chi connectivity index (χ4n) is 3.83. The largest absolute Gasteiger partial charge is 0.364 e. The molecule has 8 N–H and O–H groups in total. The zero-order chi connectivity index (χ0) is 23.4. The highest BCUT2D eigenvalue weighted by atomic mass is 16.1. The van der Waals surface area contributed by atoms with E-state index in [1.165, 1.54) is 6.21 Å². The minimum atomic E-state index is -0.766. The van der Waals surface area contributed by atoms with Gasteiger partial charge in [0.05, 0.1) is 11.4 Å². The van der Waals surface area contributed by atoms with Crippen molar-refractivity contribution in [3.63, 3.8) is 0 Å². The first-order chi connectivity index (χ1) is 15.9. The van der Waals surface area contributed by atoms with Gasteiger partial charge in [-0.15, -0.1) is 10.2 Å². The van der Waals surface area contributed by atoms with Crippen molar-refractivity contribution < 1.29 is 4.79 Å². The molecule has 0 spiro atoms. The maximum Gasteiger partial charge on any atom is 0.273 e. The van der Waals surface area contributed by atoms with Crippen LogP contribution in [0.5, 0.6) is 0 Å². The van der Waals surface area contributed by atoms with Gasteiger partial charge in [-0.1, -0.05) is 18.9 Å². The SMILES string of the molecule is Cn1ccc(Nc2cccc(Nc3nc(N[C@@H]4CCCC[C@@H]4N)nnc3C(N)=O)c2C=N)n1. The molecule has 4 rings (SSSR count). The summed E-state index contributed by atoms with van der Waals surface area (Å²) in [4.78, 5) is 16.4. The molecule has 2 atom stereocenters. The monoisotopic (exact) mass is 449 g/mol. The summed E-state index contributed by atoms with van der Waals surface area (Å²) in [5.41, 5.74) is 13.3. The van der Waals surface area contributed by atoms with Crippen molar-refractivity contribution in [3.8, 4) is 0 Å². The predicted octanol–water partition coefficient (Wildman–Crippen LogP) is 1.87. The van der Waals surface area contributed by atoms with Gasteiger partial charge in [-0.05, 0) is 25.0 Å². The van der Waals surface area contributed by atoms with Crippen LogP contribution >= 0.6 is 0 Å². The van der Waals surface area contributed by atoms with E-state index in [2.05, 4.69) is 36.2 Å². The zero-order valence-electron chi connectivity index (χ0n) is 18.2. The fraction of sp³-hybridized carbons (Fsp3) is 0.333. The molecule has 0 unspecified atom stereocenters. The number of rotatable bonds is 8. The zero-order valence-corrected chi connectivity index (χ0v) is 18.2. The first kappa shape index (κ1) is 22.1. The molecule has 33 heavy (non-hydrogen) atoms. The summed E-state index contributed by atoms with van der Waals surface area (Å²) in [6.45, 7) is 0. The minimum absolute atomic E-state index is 0.00607. The number of carbonyl (C=O) groups is 1. The third-order valence-corrected chi connectivity index (χ3v) is 5.53. The highest BCUT2D eigenvalue weighted by Crippen LogP contribution is 2.28. The summed E-state index contributed by atoms with van der Waals surface area (Å²) in [5.74, 6) is 0.263. The molecule has 1 amide bonds. The van der Waals surface area contributed by atoms with E-state index in [1.807, 2.05) is 25.4 Å². The van der Waals surface area contributed by atoms with Crippen molar-refractivity contribution in [1.82, 2.24) is 25.0 Å². The third kappa shape index (κ3) is 5.06. The summed E-state index contributed by atoms with van der Waals surface area (Å²) in [7, 11) is 1.82. The Hall–Kier alpha value is -4.06. The van der Waals surface area contributed by atoms with Crippen molar-refractivity contribution >= 4 is 41.1 Å². The number of hydrogen-bond donors (Lipinski definition) is 6. The second-order valence-corrected chi connectivity index (χ2v) is 7.93. The first-order valence-electron chi connectivity index (χ1n) is 10.7. The number of nitrogens with one attached hydrogen (secondary N) is 4. The van der Waals surface area contributed by atoms with Gasteiger partial charge in [0.25, 0.3) is 5.91 Å². The van der Waals surface area contributed by atoms with Crippen LogP contribution in [0.2, 0.25) is 0 Å². The third-order valence-electron chi connectivity index (χ3n) is 5.53. The molecule has 2 heterocycles. The van der Waals surface area contributed by atoms with Crippen LogP contribution < -0.4 is 27.4 Å². The molecule has 0 bridgehead atoms. The summed E-state index contributed by atoms with van der Waals surface area (Å²) in [5, 5.41) is 29.7. The van der Waals surface area contributed by atoms with E-state index in [9.17, 15) is 4.79 Å². The smallest absolute Gasteiger partial charge is 0.273 e. The van der Waals surface area contributed by atoms with Crippen molar-refractivity contribution in [2.75, 3.05) is 16.0 Å². The average Bonchev–Trinajstić information content (AvgIpc) is 3.20. The number of nitrogens with two attached hydrogens (primary N) is 2. The number of aryl methyl sites for hydroxylation is 1. The molecule has 1 aliphatic carbocycles. The average molecular weight is 450 g/mol. The van der Waals surface area contributed by atoms with Gasteiger partial charge in [0.1, 0.15) is 0 Å². The van der Waals surface area contributed by atoms with Crippen LogP contribution in [0.4, 0.5) is 29.0 Å². The van der Waals surface area contributed by atoms with Crippen molar-refractivity contribution in [2.24, 2.45) is 18.5 Å². The van der Waals surface area contributed by atoms with Gasteiger partial charge >= 0.3 is 0 Å². The second kappa shape index (κ2) is 9.61. The van der Waals surface area contributed by atoms with Gasteiger partial charge in [0.15, 0.2) is 17.3 Å². The number of primary amides is 1. The molecule has 0 saturated heterocycles. The van der Waals surface area contributed by atoms with Gasteiger partial charge in [0, 0.05) is 43.2 Å². The van der Waals surface area contributed by atoms with E-state index in [1.54, 1.807) is 16.8 Å².